The van der Waals surface area contributed by atoms with Crippen LogP contribution < -0.4 is 0 Å². The number of hydrogen-bond donors (Lipinski definition) is 0. The summed E-state index contributed by atoms with van der Waals surface area (Å²) in [5.41, 5.74) is 0.784. The molecule has 0 bridgehead atoms. The lowest BCUT2D eigenvalue weighted by Crippen LogP contribution is -2.25. The van der Waals surface area contributed by atoms with E-state index in [9.17, 15) is 26.8 Å². The third-order valence-electron chi connectivity index (χ3n) is 3.77. The lowest BCUT2D eigenvalue weighted by molar-refractivity contribution is -0.108. The van der Waals surface area contributed by atoms with Crippen LogP contribution in [-0.2, 0) is 21.2 Å². The third-order valence-corrected chi connectivity index (χ3v) is 5.52. The van der Waals surface area contributed by atoms with E-state index in [1.165, 1.54) is 23.1 Å². The van der Waals surface area contributed by atoms with E-state index in [0.717, 1.165) is 12.1 Å². The minimum atomic E-state index is -4.10. The van der Waals surface area contributed by atoms with E-state index < -0.39 is 32.3 Å². The van der Waals surface area contributed by atoms with Gasteiger partial charge in [-0.1, -0.05) is 6.07 Å². The van der Waals surface area contributed by atoms with Gasteiger partial charge >= 0.3 is 0 Å². The standard InChI is InChI=1S/C16H11F2NO4S/c17-14-4-3-12(8-15(14)18)24(22,23)11-2-1-10-9-19(5-6-20)16(21)13(10)7-11/h1-4,6-8H,5,9H2. The highest BCUT2D eigenvalue weighted by molar-refractivity contribution is 7.91. The van der Waals surface area contributed by atoms with Crippen LogP contribution in [0.4, 0.5) is 8.78 Å². The van der Waals surface area contributed by atoms with Gasteiger partial charge in [0.1, 0.15) is 6.29 Å². The molecule has 0 fully saturated rings. The van der Waals surface area contributed by atoms with Crippen molar-refractivity contribution in [2.24, 2.45) is 0 Å². The Morgan fingerprint density at radius 3 is 2.38 bits per heavy atom. The molecule has 2 aromatic carbocycles. The van der Waals surface area contributed by atoms with Gasteiger partial charge in [-0.3, -0.25) is 4.79 Å². The smallest absolute Gasteiger partial charge is 0.254 e. The Hall–Kier alpha value is -2.61. The Balaban J connectivity index is 2.04. The van der Waals surface area contributed by atoms with Crippen molar-refractivity contribution in [2.75, 3.05) is 6.54 Å². The number of carbonyl (C=O) groups is 2. The van der Waals surface area contributed by atoms with Crippen LogP contribution in [0.3, 0.4) is 0 Å². The van der Waals surface area contributed by atoms with E-state index in [-0.39, 0.29) is 23.5 Å². The molecule has 0 spiro atoms. The van der Waals surface area contributed by atoms with Gasteiger partial charge in [0.25, 0.3) is 5.91 Å². The highest BCUT2D eigenvalue weighted by Crippen LogP contribution is 2.28. The van der Waals surface area contributed by atoms with E-state index >= 15 is 0 Å². The number of halogens is 2. The van der Waals surface area contributed by atoms with Crippen molar-refractivity contribution in [1.29, 1.82) is 0 Å². The summed E-state index contributed by atoms with van der Waals surface area (Å²) < 4.78 is 51.4. The lowest BCUT2D eigenvalue weighted by atomic mass is 10.1. The molecule has 0 aromatic heterocycles. The minimum absolute atomic E-state index is 0.0846. The minimum Gasteiger partial charge on any atom is -0.327 e. The van der Waals surface area contributed by atoms with Crippen molar-refractivity contribution in [3.05, 3.63) is 59.2 Å². The topological polar surface area (TPSA) is 71.5 Å². The largest absolute Gasteiger partial charge is 0.327 e. The van der Waals surface area contributed by atoms with Crippen molar-refractivity contribution in [1.82, 2.24) is 4.90 Å². The fourth-order valence-corrected chi connectivity index (χ4v) is 3.82. The van der Waals surface area contributed by atoms with Gasteiger partial charge in [-0.15, -0.1) is 0 Å². The molecule has 3 rings (SSSR count). The summed E-state index contributed by atoms with van der Waals surface area (Å²) in [5, 5.41) is 0. The second kappa shape index (κ2) is 5.79. The Bertz CT molecular complexity index is 957. The summed E-state index contributed by atoms with van der Waals surface area (Å²) in [4.78, 5) is 23.4. The Morgan fingerprint density at radius 2 is 1.71 bits per heavy atom. The molecule has 1 aliphatic rings. The van der Waals surface area contributed by atoms with Crippen LogP contribution in [0.15, 0.2) is 46.2 Å². The van der Waals surface area contributed by atoms with E-state index in [2.05, 4.69) is 0 Å². The van der Waals surface area contributed by atoms with Crippen molar-refractivity contribution in [2.45, 2.75) is 16.3 Å². The Kier molecular flexibility index (Phi) is 3.92. The number of aldehydes is 1. The fraction of sp³-hybridized carbons (Fsp3) is 0.125. The molecular weight excluding hydrogens is 340 g/mol. The molecule has 1 aliphatic heterocycles. The van der Waals surface area contributed by atoms with Gasteiger partial charge < -0.3 is 9.69 Å². The first-order valence-corrected chi connectivity index (χ1v) is 8.39. The number of benzene rings is 2. The van der Waals surface area contributed by atoms with Crippen molar-refractivity contribution in [3.63, 3.8) is 0 Å². The Labute approximate surface area is 136 Å². The second-order valence-electron chi connectivity index (χ2n) is 5.25. The van der Waals surface area contributed by atoms with Gasteiger partial charge in [-0.2, -0.15) is 0 Å². The van der Waals surface area contributed by atoms with Crippen molar-refractivity contribution in [3.8, 4) is 0 Å². The molecule has 0 aliphatic carbocycles. The van der Waals surface area contributed by atoms with Gasteiger partial charge in [-0.25, -0.2) is 17.2 Å². The average molecular weight is 351 g/mol. The molecule has 0 N–H and O–H groups in total. The Morgan fingerprint density at radius 1 is 1.04 bits per heavy atom. The van der Waals surface area contributed by atoms with Crippen LogP contribution in [0.1, 0.15) is 15.9 Å². The molecule has 0 atom stereocenters. The molecule has 0 saturated carbocycles. The van der Waals surface area contributed by atoms with Gasteiger partial charge in [0.2, 0.25) is 9.84 Å². The van der Waals surface area contributed by atoms with E-state index in [1.54, 1.807) is 0 Å². The number of hydrogen-bond acceptors (Lipinski definition) is 4. The molecule has 1 heterocycles. The zero-order valence-corrected chi connectivity index (χ0v) is 13.0. The van der Waals surface area contributed by atoms with E-state index in [1.807, 2.05) is 0 Å². The quantitative estimate of drug-likeness (QED) is 0.624. The first-order chi connectivity index (χ1) is 11.3. The lowest BCUT2D eigenvalue weighted by Gasteiger charge is -2.10. The molecule has 124 valence electrons. The molecule has 0 radical (unpaired) electrons. The van der Waals surface area contributed by atoms with Gasteiger partial charge in [-0.05, 0) is 35.9 Å². The van der Waals surface area contributed by atoms with Crippen molar-refractivity contribution >= 4 is 22.0 Å². The number of nitrogens with zero attached hydrogens (tertiary/aromatic N) is 1. The molecule has 0 saturated heterocycles. The zero-order valence-electron chi connectivity index (χ0n) is 12.2. The normalized spacial score (nSPS) is 13.9. The van der Waals surface area contributed by atoms with Crippen LogP contribution in [0.2, 0.25) is 0 Å². The van der Waals surface area contributed by atoms with Crippen LogP contribution >= 0.6 is 0 Å². The van der Waals surface area contributed by atoms with Crippen LogP contribution in [0.25, 0.3) is 0 Å². The van der Waals surface area contributed by atoms with E-state index in [4.69, 9.17) is 0 Å². The second-order valence-corrected chi connectivity index (χ2v) is 7.20. The molecule has 8 heteroatoms. The predicted octanol–water partition coefficient (Wildman–Crippen LogP) is 1.95. The summed E-state index contributed by atoms with van der Waals surface area (Å²) in [6.07, 6.45) is 0.586. The first-order valence-electron chi connectivity index (χ1n) is 6.90. The summed E-state index contributed by atoms with van der Waals surface area (Å²) in [7, 11) is -4.10. The first kappa shape index (κ1) is 16.3. The number of sulfone groups is 1. The fourth-order valence-electron chi connectivity index (χ4n) is 2.52. The SMILES string of the molecule is O=CCN1Cc2ccc(S(=O)(=O)c3ccc(F)c(F)c3)cc2C1=O. The number of fused-ring (bicyclic) bond motifs is 1. The van der Waals surface area contributed by atoms with E-state index in [0.29, 0.717) is 17.9 Å². The molecule has 5 nitrogen and oxygen atoms in total. The summed E-state index contributed by atoms with van der Waals surface area (Å²) in [6.45, 7) is 0.136. The summed E-state index contributed by atoms with van der Waals surface area (Å²) >= 11 is 0. The maximum atomic E-state index is 13.3. The number of rotatable bonds is 4. The molecule has 0 unspecified atom stereocenters. The molecule has 24 heavy (non-hydrogen) atoms. The monoisotopic (exact) mass is 351 g/mol. The maximum Gasteiger partial charge on any atom is 0.254 e. The summed E-state index contributed by atoms with van der Waals surface area (Å²) in [5.74, 6) is -2.87. The third kappa shape index (κ3) is 2.58. The number of amides is 1. The van der Waals surface area contributed by atoms with Gasteiger partial charge in [0.15, 0.2) is 11.6 Å². The highest BCUT2D eigenvalue weighted by Gasteiger charge is 2.29. The number of carbonyl (C=O) groups excluding carboxylic acids is 2. The van der Waals surface area contributed by atoms with Crippen LogP contribution in [-0.4, -0.2) is 32.1 Å². The van der Waals surface area contributed by atoms with Gasteiger partial charge in [0, 0.05) is 12.1 Å². The van der Waals surface area contributed by atoms with Gasteiger partial charge in [0.05, 0.1) is 16.3 Å². The summed E-state index contributed by atoms with van der Waals surface area (Å²) in [6, 6.07) is 6.25. The van der Waals surface area contributed by atoms with Crippen LogP contribution in [0, 0.1) is 11.6 Å². The molecule has 2 aromatic rings. The zero-order chi connectivity index (χ0) is 17.5. The average Bonchev–Trinajstić information content (AvgIpc) is 2.86. The van der Waals surface area contributed by atoms with Crippen molar-refractivity contribution < 1.29 is 26.8 Å². The molecular formula is C16H11F2NO4S. The predicted molar refractivity (Wildman–Crippen MR) is 79.1 cm³/mol. The van der Waals surface area contributed by atoms with Crippen LogP contribution in [0.5, 0.6) is 0 Å². The maximum absolute atomic E-state index is 13.3. The molecule has 1 amide bonds. The highest BCUT2D eigenvalue weighted by atomic mass is 32.2.